The standard InChI is InChI=1S/C6H15N.C2HF3O/c1-4-7(5-2)6-3;3-2(4,5)1-6/h4-6H2,1-3H3;1H. The van der Waals surface area contributed by atoms with Crippen molar-refractivity contribution in [2.24, 2.45) is 0 Å². The molecular formula is C8H16F3NO. The Morgan fingerprint density at radius 1 is 1.08 bits per heavy atom. The Morgan fingerprint density at radius 2 is 1.31 bits per heavy atom. The zero-order chi connectivity index (χ0) is 10.9. The Hall–Kier alpha value is -0.580. The Kier molecular flexibility index (Phi) is 9.22. The molecule has 0 saturated heterocycles. The molecule has 0 aliphatic rings. The Balaban J connectivity index is 0. The molecule has 0 radical (unpaired) electrons. The van der Waals surface area contributed by atoms with Gasteiger partial charge in [-0.05, 0) is 19.6 Å². The largest absolute Gasteiger partial charge is 0.446 e. The first-order valence-corrected chi connectivity index (χ1v) is 4.16. The Labute approximate surface area is 76.7 Å². The summed E-state index contributed by atoms with van der Waals surface area (Å²) in [5.74, 6) is 0. The van der Waals surface area contributed by atoms with Gasteiger partial charge in [-0.25, -0.2) is 0 Å². The molecule has 5 heteroatoms. The number of rotatable bonds is 3. The average Bonchev–Trinajstić information content (AvgIpc) is 2.07. The van der Waals surface area contributed by atoms with Crippen LogP contribution in [0.3, 0.4) is 0 Å². The fraction of sp³-hybridized carbons (Fsp3) is 0.875. The van der Waals surface area contributed by atoms with Crippen LogP contribution in [0.5, 0.6) is 0 Å². The molecule has 2 nitrogen and oxygen atoms in total. The average molecular weight is 199 g/mol. The lowest BCUT2D eigenvalue weighted by Crippen LogP contribution is -2.21. The van der Waals surface area contributed by atoms with Crippen LogP contribution in [0, 0.1) is 0 Å². The third kappa shape index (κ3) is 14.3. The van der Waals surface area contributed by atoms with Gasteiger partial charge in [-0.2, -0.15) is 13.2 Å². The molecular weight excluding hydrogens is 183 g/mol. The first kappa shape index (κ1) is 14.9. The molecule has 0 aromatic carbocycles. The molecule has 0 unspecified atom stereocenters. The molecule has 0 aromatic rings. The van der Waals surface area contributed by atoms with E-state index in [-0.39, 0.29) is 0 Å². The van der Waals surface area contributed by atoms with Gasteiger partial charge in [0.15, 0.2) is 0 Å². The van der Waals surface area contributed by atoms with E-state index in [1.165, 1.54) is 19.6 Å². The number of carbonyl (C=O) groups is 1. The van der Waals surface area contributed by atoms with Crippen molar-refractivity contribution >= 4 is 6.29 Å². The number of halogens is 3. The van der Waals surface area contributed by atoms with Crippen LogP contribution in [0.1, 0.15) is 20.8 Å². The zero-order valence-corrected chi connectivity index (χ0v) is 8.19. The molecule has 0 bridgehead atoms. The lowest BCUT2D eigenvalue weighted by molar-refractivity contribution is -0.156. The maximum absolute atomic E-state index is 10.4. The monoisotopic (exact) mass is 199 g/mol. The van der Waals surface area contributed by atoms with Gasteiger partial charge in [-0.15, -0.1) is 0 Å². The topological polar surface area (TPSA) is 20.3 Å². The van der Waals surface area contributed by atoms with Gasteiger partial charge in [0.2, 0.25) is 6.29 Å². The van der Waals surface area contributed by atoms with E-state index >= 15 is 0 Å². The van der Waals surface area contributed by atoms with Crippen LogP contribution in [-0.2, 0) is 4.79 Å². The van der Waals surface area contributed by atoms with E-state index in [4.69, 9.17) is 4.79 Å². The smallest absolute Gasteiger partial charge is 0.304 e. The van der Waals surface area contributed by atoms with Crippen LogP contribution in [0.2, 0.25) is 0 Å². The van der Waals surface area contributed by atoms with Crippen LogP contribution in [0.4, 0.5) is 13.2 Å². The molecule has 0 rings (SSSR count). The highest BCUT2D eigenvalue weighted by Crippen LogP contribution is 2.08. The van der Waals surface area contributed by atoms with Gasteiger partial charge in [-0.3, -0.25) is 4.79 Å². The van der Waals surface area contributed by atoms with Crippen molar-refractivity contribution in [2.75, 3.05) is 19.6 Å². The summed E-state index contributed by atoms with van der Waals surface area (Å²) in [7, 11) is 0. The van der Waals surface area contributed by atoms with Crippen LogP contribution < -0.4 is 0 Å². The van der Waals surface area contributed by atoms with Crippen molar-refractivity contribution in [3.8, 4) is 0 Å². The summed E-state index contributed by atoms with van der Waals surface area (Å²) in [5.41, 5.74) is 0. The molecule has 0 saturated carbocycles. The Morgan fingerprint density at radius 3 is 1.31 bits per heavy atom. The number of nitrogens with zero attached hydrogens (tertiary/aromatic N) is 1. The first-order valence-electron chi connectivity index (χ1n) is 4.16. The summed E-state index contributed by atoms with van der Waals surface area (Å²) in [6, 6.07) is 0. The molecule has 0 amide bonds. The summed E-state index contributed by atoms with van der Waals surface area (Å²) in [6.07, 6.45) is -5.70. The minimum Gasteiger partial charge on any atom is -0.304 e. The minimum atomic E-state index is -4.64. The number of aldehydes is 1. The SMILES string of the molecule is CCN(CC)CC.O=CC(F)(F)F. The highest BCUT2D eigenvalue weighted by Gasteiger charge is 2.24. The maximum Gasteiger partial charge on any atom is 0.446 e. The molecule has 0 heterocycles. The van der Waals surface area contributed by atoms with Crippen molar-refractivity contribution in [3.63, 3.8) is 0 Å². The molecule has 80 valence electrons. The molecule has 0 aliphatic heterocycles. The number of alkyl halides is 3. The van der Waals surface area contributed by atoms with E-state index in [1.807, 2.05) is 0 Å². The van der Waals surface area contributed by atoms with Crippen molar-refractivity contribution in [3.05, 3.63) is 0 Å². The summed E-state index contributed by atoms with van der Waals surface area (Å²) in [5, 5.41) is 0. The van der Waals surface area contributed by atoms with Gasteiger partial charge in [0.25, 0.3) is 0 Å². The van der Waals surface area contributed by atoms with E-state index in [0.29, 0.717) is 0 Å². The third-order valence-electron chi connectivity index (χ3n) is 1.48. The summed E-state index contributed by atoms with van der Waals surface area (Å²) in [4.78, 5) is 11.1. The lowest BCUT2D eigenvalue weighted by Gasteiger charge is -2.13. The second-order valence-electron chi connectivity index (χ2n) is 2.28. The second kappa shape index (κ2) is 8.04. The lowest BCUT2D eigenvalue weighted by atomic mass is 10.5. The highest BCUT2D eigenvalue weighted by atomic mass is 19.4. The van der Waals surface area contributed by atoms with Crippen molar-refractivity contribution < 1.29 is 18.0 Å². The van der Waals surface area contributed by atoms with Gasteiger partial charge in [0, 0.05) is 0 Å². The van der Waals surface area contributed by atoms with Gasteiger partial charge in [0.1, 0.15) is 0 Å². The van der Waals surface area contributed by atoms with Crippen LogP contribution in [0.15, 0.2) is 0 Å². The summed E-state index contributed by atoms with van der Waals surface area (Å²) in [6.45, 7) is 10.1. The minimum absolute atomic E-state index is 1.06. The molecule has 0 atom stereocenters. The molecule has 13 heavy (non-hydrogen) atoms. The fourth-order valence-electron chi connectivity index (χ4n) is 0.671. The molecule has 0 N–H and O–H groups in total. The van der Waals surface area contributed by atoms with Gasteiger partial charge < -0.3 is 4.90 Å². The predicted octanol–water partition coefficient (Wildman–Crippen LogP) is 2.10. The van der Waals surface area contributed by atoms with E-state index < -0.39 is 12.5 Å². The second-order valence-corrected chi connectivity index (χ2v) is 2.28. The van der Waals surface area contributed by atoms with Gasteiger partial charge >= 0.3 is 6.18 Å². The summed E-state index contributed by atoms with van der Waals surface area (Å²) < 4.78 is 31.2. The van der Waals surface area contributed by atoms with Gasteiger partial charge in [0.05, 0.1) is 0 Å². The normalized spacial score (nSPS) is 10.7. The number of carbonyl (C=O) groups excluding carboxylic acids is 1. The zero-order valence-electron chi connectivity index (χ0n) is 8.19. The molecule has 0 aromatic heterocycles. The van der Waals surface area contributed by atoms with Crippen molar-refractivity contribution in [1.29, 1.82) is 0 Å². The van der Waals surface area contributed by atoms with E-state index in [9.17, 15) is 13.2 Å². The fourth-order valence-corrected chi connectivity index (χ4v) is 0.671. The summed E-state index contributed by atoms with van der Waals surface area (Å²) >= 11 is 0. The molecule has 0 spiro atoms. The van der Waals surface area contributed by atoms with E-state index in [0.717, 1.165) is 0 Å². The van der Waals surface area contributed by atoms with Gasteiger partial charge in [-0.1, -0.05) is 20.8 Å². The van der Waals surface area contributed by atoms with E-state index in [2.05, 4.69) is 25.7 Å². The van der Waals surface area contributed by atoms with Crippen LogP contribution >= 0.6 is 0 Å². The maximum atomic E-state index is 10.4. The van der Waals surface area contributed by atoms with Crippen molar-refractivity contribution in [2.45, 2.75) is 26.9 Å². The molecule has 0 aliphatic carbocycles. The predicted molar refractivity (Wildman–Crippen MR) is 45.6 cm³/mol. The van der Waals surface area contributed by atoms with Crippen LogP contribution in [-0.4, -0.2) is 37.0 Å². The van der Waals surface area contributed by atoms with E-state index in [1.54, 1.807) is 0 Å². The highest BCUT2D eigenvalue weighted by molar-refractivity contribution is 5.56. The number of hydrogen-bond acceptors (Lipinski definition) is 2. The number of hydrogen-bond donors (Lipinski definition) is 0. The van der Waals surface area contributed by atoms with Crippen molar-refractivity contribution in [1.82, 2.24) is 4.90 Å². The van der Waals surface area contributed by atoms with Crippen LogP contribution in [0.25, 0.3) is 0 Å². The third-order valence-corrected chi connectivity index (χ3v) is 1.48. The molecule has 0 fully saturated rings. The Bertz CT molecular complexity index is 116. The quantitative estimate of drug-likeness (QED) is 0.649. The first-order chi connectivity index (χ1) is 5.91.